The van der Waals surface area contributed by atoms with Crippen molar-refractivity contribution in [3.05, 3.63) is 47.2 Å². The number of nitroso groups, excluding NO2 is 1. The summed E-state index contributed by atoms with van der Waals surface area (Å²) in [5, 5.41) is 2.98. The van der Waals surface area contributed by atoms with Crippen LogP contribution in [-0.4, -0.2) is 44.3 Å². The number of imidazole rings is 1. The molecule has 1 saturated heterocycles. The molecule has 4 rings (SSSR count). The molecule has 4 heterocycles. The molecule has 0 radical (unpaired) electrons. The average molecular weight is 393 g/mol. The summed E-state index contributed by atoms with van der Waals surface area (Å²) >= 11 is 0. The second-order valence-corrected chi connectivity index (χ2v) is 6.50. The second-order valence-electron chi connectivity index (χ2n) is 6.50. The van der Waals surface area contributed by atoms with Crippen molar-refractivity contribution in [2.45, 2.75) is 25.1 Å². The van der Waals surface area contributed by atoms with Gasteiger partial charge < -0.3 is 9.32 Å². The van der Waals surface area contributed by atoms with E-state index in [0.29, 0.717) is 19.4 Å². The molecule has 0 aromatic carbocycles. The first kappa shape index (κ1) is 18.1. The number of nitrogens with zero attached hydrogens (tertiary/aromatic N) is 5. The molecule has 0 aliphatic carbocycles. The molecule has 8 nitrogen and oxygen atoms in total. The van der Waals surface area contributed by atoms with Gasteiger partial charge in [0.1, 0.15) is 17.4 Å². The molecule has 146 valence electrons. The van der Waals surface area contributed by atoms with Crippen molar-refractivity contribution in [2.24, 2.45) is 5.18 Å². The van der Waals surface area contributed by atoms with Gasteiger partial charge in [0, 0.05) is 19.3 Å². The lowest BCUT2D eigenvalue weighted by Crippen LogP contribution is -2.41. The van der Waals surface area contributed by atoms with Crippen LogP contribution in [0.4, 0.5) is 13.2 Å². The summed E-state index contributed by atoms with van der Waals surface area (Å²) in [5.74, 6) is -0.410. The van der Waals surface area contributed by atoms with E-state index in [4.69, 9.17) is 4.42 Å². The third-order valence-corrected chi connectivity index (χ3v) is 4.68. The standard InChI is InChI=1S/C17H14F3N5O3/c18-17(19,20)10-4-12(14-6-21-9-28-14)15-22-5-13(25(15)7-10)16(26)24-3-1-2-11(8-24)23-27/h4-7,9,11H,1-3,8H2. The van der Waals surface area contributed by atoms with E-state index in [-0.39, 0.29) is 29.2 Å². The zero-order chi connectivity index (χ0) is 19.9. The lowest BCUT2D eigenvalue weighted by molar-refractivity contribution is -0.137. The minimum absolute atomic E-state index is 0.0339. The largest absolute Gasteiger partial charge is 0.443 e. The van der Waals surface area contributed by atoms with Gasteiger partial charge in [-0.2, -0.15) is 18.1 Å². The highest BCUT2D eigenvalue weighted by molar-refractivity contribution is 5.94. The molecule has 1 aliphatic heterocycles. The minimum atomic E-state index is -4.63. The number of amides is 1. The van der Waals surface area contributed by atoms with Gasteiger partial charge in [-0.1, -0.05) is 5.18 Å². The first-order valence-electron chi connectivity index (χ1n) is 8.47. The van der Waals surface area contributed by atoms with Crippen LogP contribution < -0.4 is 0 Å². The predicted octanol–water partition coefficient (Wildman–Crippen LogP) is 3.38. The van der Waals surface area contributed by atoms with Crippen molar-refractivity contribution in [1.29, 1.82) is 0 Å². The Balaban J connectivity index is 1.83. The van der Waals surface area contributed by atoms with E-state index in [1.54, 1.807) is 0 Å². The number of piperidine rings is 1. The maximum Gasteiger partial charge on any atom is 0.417 e. The van der Waals surface area contributed by atoms with Gasteiger partial charge in [-0.05, 0) is 18.9 Å². The maximum absolute atomic E-state index is 13.4. The lowest BCUT2D eigenvalue weighted by atomic mass is 10.1. The zero-order valence-electron chi connectivity index (χ0n) is 14.4. The number of pyridine rings is 1. The predicted molar refractivity (Wildman–Crippen MR) is 90.4 cm³/mol. The van der Waals surface area contributed by atoms with E-state index in [2.05, 4.69) is 15.1 Å². The number of fused-ring (bicyclic) bond motifs is 1. The fraction of sp³-hybridized carbons (Fsp3) is 0.353. The fourth-order valence-corrected chi connectivity index (χ4v) is 3.32. The Morgan fingerprint density at radius 2 is 2.14 bits per heavy atom. The van der Waals surface area contributed by atoms with Crippen molar-refractivity contribution in [1.82, 2.24) is 19.3 Å². The molecule has 1 aliphatic rings. The van der Waals surface area contributed by atoms with Gasteiger partial charge in [0.2, 0.25) is 0 Å². The van der Waals surface area contributed by atoms with Crippen LogP contribution in [0, 0.1) is 4.91 Å². The smallest absolute Gasteiger partial charge is 0.417 e. The van der Waals surface area contributed by atoms with Crippen LogP contribution >= 0.6 is 0 Å². The number of hydrogen-bond donors (Lipinski definition) is 0. The van der Waals surface area contributed by atoms with Crippen molar-refractivity contribution < 1.29 is 22.4 Å². The number of hydrogen-bond acceptors (Lipinski definition) is 6. The van der Waals surface area contributed by atoms with Crippen molar-refractivity contribution in [2.75, 3.05) is 13.1 Å². The van der Waals surface area contributed by atoms with Gasteiger partial charge in [0.05, 0.1) is 23.5 Å². The molecule has 28 heavy (non-hydrogen) atoms. The Bertz CT molecular complexity index is 1030. The molecular weight excluding hydrogens is 379 g/mol. The van der Waals surface area contributed by atoms with Gasteiger partial charge in [-0.3, -0.25) is 9.20 Å². The van der Waals surface area contributed by atoms with Crippen molar-refractivity contribution in [3.63, 3.8) is 0 Å². The van der Waals surface area contributed by atoms with Crippen LogP contribution in [0.5, 0.6) is 0 Å². The van der Waals surface area contributed by atoms with E-state index < -0.39 is 23.7 Å². The summed E-state index contributed by atoms with van der Waals surface area (Å²) in [6.07, 6.45) is 0.956. The molecule has 1 unspecified atom stereocenters. The molecule has 0 spiro atoms. The molecule has 1 atom stereocenters. The van der Waals surface area contributed by atoms with Crippen LogP contribution in [-0.2, 0) is 6.18 Å². The van der Waals surface area contributed by atoms with E-state index in [1.165, 1.54) is 17.3 Å². The monoisotopic (exact) mass is 393 g/mol. The Labute approximate surface area is 156 Å². The second kappa shape index (κ2) is 6.73. The number of aromatic nitrogens is 3. The number of rotatable bonds is 3. The minimum Gasteiger partial charge on any atom is -0.443 e. The molecule has 1 fully saturated rings. The fourth-order valence-electron chi connectivity index (χ4n) is 3.32. The Kier molecular flexibility index (Phi) is 4.36. The lowest BCUT2D eigenvalue weighted by Gasteiger charge is -2.29. The van der Waals surface area contributed by atoms with Crippen LogP contribution in [0.2, 0.25) is 0 Å². The molecule has 11 heteroatoms. The van der Waals surface area contributed by atoms with E-state index in [9.17, 15) is 22.9 Å². The first-order chi connectivity index (χ1) is 13.4. The molecule has 0 bridgehead atoms. The summed E-state index contributed by atoms with van der Waals surface area (Å²) in [6, 6.07) is 0.386. The third kappa shape index (κ3) is 3.12. The molecule has 1 amide bonds. The summed E-state index contributed by atoms with van der Waals surface area (Å²) < 4.78 is 46.5. The van der Waals surface area contributed by atoms with Crippen LogP contribution in [0.15, 0.2) is 40.6 Å². The number of halogens is 3. The molecule has 0 saturated carbocycles. The Morgan fingerprint density at radius 1 is 1.32 bits per heavy atom. The van der Waals surface area contributed by atoms with Gasteiger partial charge >= 0.3 is 6.18 Å². The van der Waals surface area contributed by atoms with Crippen molar-refractivity contribution >= 4 is 11.6 Å². The van der Waals surface area contributed by atoms with E-state index in [1.807, 2.05) is 0 Å². The van der Waals surface area contributed by atoms with Crippen LogP contribution in [0.25, 0.3) is 17.0 Å². The van der Waals surface area contributed by atoms with Crippen LogP contribution in [0.1, 0.15) is 28.9 Å². The summed E-state index contributed by atoms with van der Waals surface area (Å²) in [6.45, 7) is 0.523. The highest BCUT2D eigenvalue weighted by atomic mass is 19.4. The van der Waals surface area contributed by atoms with Crippen molar-refractivity contribution in [3.8, 4) is 11.3 Å². The Hall–Kier alpha value is -3.24. The van der Waals surface area contributed by atoms with E-state index >= 15 is 0 Å². The third-order valence-electron chi connectivity index (χ3n) is 4.68. The van der Waals surface area contributed by atoms with Gasteiger partial charge in [0.25, 0.3) is 5.91 Å². The first-order valence-corrected chi connectivity index (χ1v) is 8.47. The SMILES string of the molecule is O=NC1CCCN(C(=O)c2cnc3c(-c4cnco4)cc(C(F)(F)F)cn23)C1. The number of oxazole rings is 1. The molecule has 0 N–H and O–H groups in total. The van der Waals surface area contributed by atoms with Gasteiger partial charge in [-0.15, -0.1) is 0 Å². The molecular formula is C17H14F3N5O3. The van der Waals surface area contributed by atoms with E-state index in [0.717, 1.165) is 23.1 Å². The van der Waals surface area contributed by atoms with Gasteiger partial charge in [0.15, 0.2) is 12.2 Å². The van der Waals surface area contributed by atoms with Gasteiger partial charge in [-0.25, -0.2) is 9.97 Å². The highest BCUT2D eigenvalue weighted by Crippen LogP contribution is 2.34. The highest BCUT2D eigenvalue weighted by Gasteiger charge is 2.34. The zero-order valence-corrected chi connectivity index (χ0v) is 14.4. The summed E-state index contributed by atoms with van der Waals surface area (Å²) in [5.41, 5.74) is -0.787. The summed E-state index contributed by atoms with van der Waals surface area (Å²) in [7, 11) is 0. The topological polar surface area (TPSA) is 93.1 Å². The number of carbonyl (C=O) groups excluding carboxylic acids is 1. The number of alkyl halides is 3. The molecule has 3 aromatic heterocycles. The maximum atomic E-state index is 13.4. The quantitative estimate of drug-likeness (QED) is 0.636. The number of carbonyl (C=O) groups is 1. The number of likely N-dealkylation sites (tertiary alicyclic amines) is 1. The van der Waals surface area contributed by atoms with Crippen LogP contribution in [0.3, 0.4) is 0 Å². The average Bonchev–Trinajstić information content (AvgIpc) is 3.36. The molecule has 3 aromatic rings. The summed E-state index contributed by atoms with van der Waals surface area (Å²) in [4.78, 5) is 33.0. The Morgan fingerprint density at radius 3 is 2.82 bits per heavy atom. The normalized spacial score (nSPS) is 17.8.